The maximum absolute atomic E-state index is 13.4. The summed E-state index contributed by atoms with van der Waals surface area (Å²) in [6.45, 7) is 9.19. The fourth-order valence-electron chi connectivity index (χ4n) is 4.43. The third kappa shape index (κ3) is 10.0. The van der Waals surface area contributed by atoms with Crippen LogP contribution in [0.5, 0.6) is 0 Å². The molecule has 0 aliphatic carbocycles. The summed E-state index contributed by atoms with van der Waals surface area (Å²) in [5.74, 6) is -4.11. The quantitative estimate of drug-likeness (QED) is 0.116. The van der Waals surface area contributed by atoms with Crippen LogP contribution in [0.2, 0.25) is 0 Å². The van der Waals surface area contributed by atoms with E-state index in [0.717, 1.165) is 0 Å². The molecule has 1 fully saturated rings. The summed E-state index contributed by atoms with van der Waals surface area (Å²) >= 11 is 0. The Kier molecular flexibility index (Phi) is 14.4. The van der Waals surface area contributed by atoms with E-state index in [0.29, 0.717) is 45.2 Å². The van der Waals surface area contributed by atoms with Crippen LogP contribution < -0.4 is 27.4 Å². The van der Waals surface area contributed by atoms with E-state index in [2.05, 4.69) is 16.0 Å². The highest BCUT2D eigenvalue weighted by Gasteiger charge is 2.40. The summed E-state index contributed by atoms with van der Waals surface area (Å²) in [5, 5.41) is 27.2. The van der Waals surface area contributed by atoms with Crippen molar-refractivity contribution in [3.05, 3.63) is 0 Å². The van der Waals surface area contributed by atoms with Crippen LogP contribution in [0.15, 0.2) is 0 Å². The van der Waals surface area contributed by atoms with Crippen LogP contribution in [0.4, 0.5) is 0 Å². The number of aliphatic hydroxyl groups is 1. The highest BCUT2D eigenvalue weighted by atomic mass is 16.4. The minimum atomic E-state index is -1.23. The molecular weight excluding hydrogens is 508 g/mol. The van der Waals surface area contributed by atoms with Crippen molar-refractivity contribution in [3.63, 3.8) is 0 Å². The van der Waals surface area contributed by atoms with Crippen molar-refractivity contribution in [2.45, 2.75) is 109 Å². The lowest BCUT2D eigenvalue weighted by Gasteiger charge is -2.32. The molecule has 13 heteroatoms. The largest absolute Gasteiger partial charge is 0.480 e. The van der Waals surface area contributed by atoms with Gasteiger partial charge in [-0.15, -0.1) is 0 Å². The Morgan fingerprint density at radius 1 is 0.949 bits per heavy atom. The van der Waals surface area contributed by atoms with Gasteiger partial charge in [0.05, 0.1) is 6.10 Å². The molecule has 1 heterocycles. The number of nitrogens with one attached hydrogen (secondary N) is 3. The van der Waals surface area contributed by atoms with E-state index < -0.39 is 65.9 Å². The van der Waals surface area contributed by atoms with Gasteiger partial charge in [0.25, 0.3) is 0 Å². The van der Waals surface area contributed by atoms with E-state index >= 15 is 0 Å². The standard InChI is InChI=1S/C26H48N6O7/c1-6-15(4)21(25(37)32-13-9-11-18(32)26(38)39)31-24(36)20(14(2)3)30-22(34)17(10-7-8-12-27)29-23(35)19(28)16(5)33/h14-21,33H,6-13,27-28H2,1-5H3,(H,29,35)(H,30,34)(H,31,36)(H,38,39)/t15-,16+,17-,18-,19-,20-,21-/m0/s1. The monoisotopic (exact) mass is 556 g/mol. The van der Waals surface area contributed by atoms with Gasteiger partial charge in [0.1, 0.15) is 30.2 Å². The third-order valence-electron chi connectivity index (χ3n) is 7.25. The van der Waals surface area contributed by atoms with Crippen LogP contribution >= 0.6 is 0 Å². The number of carbonyl (C=O) groups is 5. The number of carboxylic acids is 1. The number of rotatable bonds is 16. The third-order valence-corrected chi connectivity index (χ3v) is 7.25. The number of nitrogens with two attached hydrogens (primary N) is 2. The van der Waals surface area contributed by atoms with Crippen molar-refractivity contribution in [2.75, 3.05) is 13.1 Å². The van der Waals surface area contributed by atoms with Gasteiger partial charge in [-0.2, -0.15) is 0 Å². The molecule has 9 N–H and O–H groups in total. The number of aliphatic carboxylic acids is 1. The zero-order chi connectivity index (χ0) is 29.9. The molecule has 0 spiro atoms. The molecule has 224 valence electrons. The lowest BCUT2D eigenvalue weighted by molar-refractivity contribution is -0.150. The van der Waals surface area contributed by atoms with Gasteiger partial charge < -0.3 is 42.5 Å². The summed E-state index contributed by atoms with van der Waals surface area (Å²) in [6, 6.07) is -5.19. The Labute approximate surface area is 230 Å². The first-order valence-corrected chi connectivity index (χ1v) is 13.8. The molecule has 4 amide bonds. The van der Waals surface area contributed by atoms with Crippen LogP contribution in [0.25, 0.3) is 0 Å². The van der Waals surface area contributed by atoms with Gasteiger partial charge in [0.2, 0.25) is 23.6 Å². The Hall–Kier alpha value is -2.77. The number of unbranched alkanes of at least 4 members (excludes halogenated alkanes) is 1. The fourth-order valence-corrected chi connectivity index (χ4v) is 4.43. The molecule has 1 saturated heterocycles. The van der Waals surface area contributed by atoms with E-state index in [1.165, 1.54) is 11.8 Å². The molecule has 0 aromatic rings. The molecule has 13 nitrogen and oxygen atoms in total. The summed E-state index contributed by atoms with van der Waals surface area (Å²) in [6.07, 6.45) is 1.73. The first-order valence-electron chi connectivity index (χ1n) is 13.8. The van der Waals surface area contributed by atoms with Crippen molar-refractivity contribution in [2.24, 2.45) is 23.3 Å². The second-order valence-electron chi connectivity index (χ2n) is 10.7. The van der Waals surface area contributed by atoms with Gasteiger partial charge in [-0.3, -0.25) is 19.2 Å². The molecule has 7 atom stereocenters. The van der Waals surface area contributed by atoms with Gasteiger partial charge in [-0.25, -0.2) is 4.79 Å². The van der Waals surface area contributed by atoms with E-state index in [1.807, 2.05) is 6.92 Å². The summed E-state index contributed by atoms with van der Waals surface area (Å²) in [7, 11) is 0. The second kappa shape index (κ2) is 16.4. The van der Waals surface area contributed by atoms with Gasteiger partial charge in [0.15, 0.2) is 0 Å². The highest BCUT2D eigenvalue weighted by Crippen LogP contribution is 2.21. The molecule has 0 saturated carbocycles. The van der Waals surface area contributed by atoms with E-state index in [4.69, 9.17) is 11.5 Å². The predicted octanol–water partition coefficient (Wildman–Crippen LogP) is -0.944. The van der Waals surface area contributed by atoms with E-state index in [1.54, 1.807) is 20.8 Å². The van der Waals surface area contributed by atoms with E-state index in [-0.39, 0.29) is 18.3 Å². The summed E-state index contributed by atoms with van der Waals surface area (Å²) in [5.41, 5.74) is 11.3. The normalized spacial score (nSPS) is 19.9. The smallest absolute Gasteiger partial charge is 0.326 e. The molecule has 1 rings (SSSR count). The number of carbonyl (C=O) groups excluding carboxylic acids is 4. The van der Waals surface area contributed by atoms with Crippen molar-refractivity contribution >= 4 is 29.6 Å². The zero-order valence-corrected chi connectivity index (χ0v) is 23.8. The Bertz CT molecular complexity index is 853. The molecular formula is C26H48N6O7. The average molecular weight is 557 g/mol. The maximum atomic E-state index is 13.4. The van der Waals surface area contributed by atoms with Crippen molar-refractivity contribution in [1.29, 1.82) is 0 Å². The second-order valence-corrected chi connectivity index (χ2v) is 10.7. The average Bonchev–Trinajstić information content (AvgIpc) is 3.38. The van der Waals surface area contributed by atoms with Crippen LogP contribution in [-0.2, 0) is 24.0 Å². The molecule has 0 radical (unpaired) electrons. The Balaban J connectivity index is 3.10. The Morgan fingerprint density at radius 3 is 2.08 bits per heavy atom. The van der Waals surface area contributed by atoms with Gasteiger partial charge >= 0.3 is 5.97 Å². The SMILES string of the molecule is CC[C@H](C)[C@H](NC(=O)[C@@H](NC(=O)[C@H](CCCCN)NC(=O)[C@@H](N)[C@@H](C)O)C(C)C)C(=O)N1CCC[C@H]1C(=O)O. The molecule has 0 unspecified atom stereocenters. The van der Waals surface area contributed by atoms with Gasteiger partial charge in [-0.1, -0.05) is 34.1 Å². The maximum Gasteiger partial charge on any atom is 0.326 e. The number of amides is 4. The van der Waals surface area contributed by atoms with Crippen LogP contribution in [0.1, 0.15) is 73.1 Å². The minimum absolute atomic E-state index is 0.243. The topological polar surface area (TPSA) is 217 Å². The number of aliphatic hydroxyl groups excluding tert-OH is 1. The molecule has 0 aromatic carbocycles. The van der Waals surface area contributed by atoms with Crippen LogP contribution in [0.3, 0.4) is 0 Å². The fraction of sp³-hybridized carbons (Fsp3) is 0.808. The van der Waals surface area contributed by atoms with Gasteiger partial charge in [-0.05, 0) is 57.4 Å². The first kappa shape index (κ1) is 34.3. The van der Waals surface area contributed by atoms with Crippen LogP contribution in [-0.4, -0.2) is 94.1 Å². The van der Waals surface area contributed by atoms with E-state index in [9.17, 15) is 34.2 Å². The number of likely N-dealkylation sites (tertiary alicyclic amines) is 1. The van der Waals surface area contributed by atoms with Crippen LogP contribution in [0, 0.1) is 11.8 Å². The highest BCUT2D eigenvalue weighted by molar-refractivity contribution is 5.95. The summed E-state index contributed by atoms with van der Waals surface area (Å²) in [4.78, 5) is 65.4. The predicted molar refractivity (Wildman–Crippen MR) is 145 cm³/mol. The number of hydrogen-bond acceptors (Lipinski definition) is 8. The van der Waals surface area contributed by atoms with Crippen molar-refractivity contribution < 1.29 is 34.2 Å². The molecule has 1 aliphatic heterocycles. The molecule has 0 bridgehead atoms. The minimum Gasteiger partial charge on any atom is -0.480 e. The lowest BCUT2D eigenvalue weighted by Crippen LogP contribution is -2.61. The molecule has 0 aromatic heterocycles. The zero-order valence-electron chi connectivity index (χ0n) is 23.8. The summed E-state index contributed by atoms with van der Waals surface area (Å²) < 4.78 is 0. The number of nitrogens with zero attached hydrogens (tertiary/aromatic N) is 1. The Morgan fingerprint density at radius 2 is 1.56 bits per heavy atom. The lowest BCUT2D eigenvalue weighted by atomic mass is 9.95. The number of carboxylic acid groups (broad SMARTS) is 1. The van der Waals surface area contributed by atoms with Crippen molar-refractivity contribution in [3.8, 4) is 0 Å². The first-order chi connectivity index (χ1) is 18.3. The van der Waals surface area contributed by atoms with Gasteiger partial charge in [0, 0.05) is 6.54 Å². The molecule has 1 aliphatic rings. The molecule has 39 heavy (non-hydrogen) atoms. The number of hydrogen-bond donors (Lipinski definition) is 7. The van der Waals surface area contributed by atoms with Crippen molar-refractivity contribution in [1.82, 2.24) is 20.9 Å².